The quantitative estimate of drug-likeness (QED) is 0.610. The minimum absolute atomic E-state index is 0.141. The molecule has 6 rings (SSSR count). The first-order chi connectivity index (χ1) is 14.2. The molecule has 1 heterocycles. The fourth-order valence-electron chi connectivity index (χ4n) is 5.95. The van der Waals surface area contributed by atoms with Crippen LogP contribution in [-0.4, -0.2) is 22.7 Å². The smallest absolute Gasteiger partial charge is 0.257 e. The van der Waals surface area contributed by atoms with Crippen molar-refractivity contribution in [3.63, 3.8) is 0 Å². The third-order valence-corrected chi connectivity index (χ3v) is 8.00. The molecule has 5 nitrogen and oxygen atoms in total. The number of nitrogens with one attached hydrogen (secondary N) is 1. The first kappa shape index (κ1) is 19.0. The molecule has 1 N–H and O–H groups in total. The van der Waals surface area contributed by atoms with Crippen LogP contribution in [0.15, 0.2) is 24.3 Å². The van der Waals surface area contributed by atoms with Crippen LogP contribution in [0.2, 0.25) is 0 Å². The van der Waals surface area contributed by atoms with Crippen molar-refractivity contribution in [1.29, 1.82) is 0 Å². The molecule has 1 aromatic heterocycles. The molecule has 4 saturated carbocycles. The minimum atomic E-state index is -0.141. The number of nitrogens with zero attached hydrogens (tertiary/aromatic N) is 2. The summed E-state index contributed by atoms with van der Waals surface area (Å²) in [7, 11) is 0. The van der Waals surface area contributed by atoms with E-state index in [4.69, 9.17) is 4.74 Å². The third kappa shape index (κ3) is 3.91. The zero-order valence-corrected chi connectivity index (χ0v) is 17.8. The van der Waals surface area contributed by atoms with E-state index in [9.17, 15) is 4.79 Å². The summed E-state index contributed by atoms with van der Waals surface area (Å²) in [6.07, 6.45) is 9.06. The maximum Gasteiger partial charge on any atom is 0.257 e. The Hall–Kier alpha value is -1.95. The summed E-state index contributed by atoms with van der Waals surface area (Å²) >= 11 is 1.57. The van der Waals surface area contributed by atoms with Crippen LogP contribution in [0.1, 0.15) is 73.2 Å². The van der Waals surface area contributed by atoms with E-state index in [0.29, 0.717) is 23.2 Å². The van der Waals surface area contributed by atoms with Crippen LogP contribution in [0.4, 0.5) is 5.13 Å². The average molecular weight is 412 g/mol. The molecule has 0 atom stereocenters. The normalized spacial score (nSPS) is 29.8. The Bertz CT molecular complexity index is 835. The van der Waals surface area contributed by atoms with Gasteiger partial charge in [0.25, 0.3) is 5.91 Å². The molecular formula is C23H29N3O2S. The van der Waals surface area contributed by atoms with E-state index < -0.39 is 0 Å². The Kier molecular flexibility index (Phi) is 5.29. The number of unbranched alkanes of at least 4 members (excludes halogenated alkanes) is 1. The number of hydrogen-bond acceptors (Lipinski definition) is 5. The maximum atomic E-state index is 12.6. The van der Waals surface area contributed by atoms with Gasteiger partial charge in [0, 0.05) is 11.5 Å². The van der Waals surface area contributed by atoms with Crippen molar-refractivity contribution in [2.75, 3.05) is 11.9 Å². The minimum Gasteiger partial charge on any atom is -0.494 e. The summed E-state index contributed by atoms with van der Waals surface area (Å²) in [6, 6.07) is 7.31. The summed E-state index contributed by atoms with van der Waals surface area (Å²) in [5, 5.41) is 13.5. The van der Waals surface area contributed by atoms with Crippen LogP contribution in [-0.2, 0) is 0 Å². The highest BCUT2D eigenvalue weighted by Crippen LogP contribution is 2.60. The van der Waals surface area contributed by atoms with E-state index >= 15 is 0 Å². The van der Waals surface area contributed by atoms with Crippen LogP contribution in [0.5, 0.6) is 5.75 Å². The van der Waals surface area contributed by atoms with E-state index in [0.717, 1.165) is 47.3 Å². The summed E-state index contributed by atoms with van der Waals surface area (Å²) in [5.41, 5.74) is 0.610. The van der Waals surface area contributed by atoms with Gasteiger partial charge in [0.2, 0.25) is 5.13 Å². The number of ether oxygens (including phenoxy) is 1. The van der Waals surface area contributed by atoms with E-state index in [1.165, 1.54) is 32.1 Å². The molecule has 29 heavy (non-hydrogen) atoms. The molecule has 0 spiro atoms. The molecule has 4 aliphatic carbocycles. The molecule has 0 radical (unpaired) electrons. The van der Waals surface area contributed by atoms with Gasteiger partial charge in [0.15, 0.2) is 0 Å². The topological polar surface area (TPSA) is 64.1 Å². The van der Waals surface area contributed by atoms with Crippen LogP contribution in [0.25, 0.3) is 0 Å². The van der Waals surface area contributed by atoms with Crippen molar-refractivity contribution in [3.05, 3.63) is 34.8 Å². The number of anilines is 1. The SMILES string of the molecule is CCCCOc1ccc(C(=O)Nc2nnc(C3C4CC5CC(C4)CC3C5)s2)cc1. The third-order valence-electron chi connectivity index (χ3n) is 7.06. The molecule has 4 fully saturated rings. The average Bonchev–Trinajstić information content (AvgIpc) is 3.16. The molecule has 154 valence electrons. The lowest BCUT2D eigenvalue weighted by molar-refractivity contribution is -0.00303. The van der Waals surface area contributed by atoms with Crippen molar-refractivity contribution >= 4 is 22.4 Å². The second-order valence-corrected chi connectivity index (χ2v) is 10.1. The van der Waals surface area contributed by atoms with Gasteiger partial charge in [-0.2, -0.15) is 0 Å². The number of amides is 1. The van der Waals surface area contributed by atoms with E-state index in [-0.39, 0.29) is 5.91 Å². The van der Waals surface area contributed by atoms with Crippen LogP contribution in [0.3, 0.4) is 0 Å². The van der Waals surface area contributed by atoms with Crippen LogP contribution in [0, 0.1) is 23.7 Å². The number of hydrogen-bond donors (Lipinski definition) is 1. The molecule has 4 bridgehead atoms. The molecule has 2 aromatic rings. The highest BCUT2D eigenvalue weighted by Gasteiger charge is 2.49. The second kappa shape index (κ2) is 8.05. The van der Waals surface area contributed by atoms with Gasteiger partial charge < -0.3 is 4.74 Å². The number of carbonyl (C=O) groups is 1. The fourth-order valence-corrected chi connectivity index (χ4v) is 6.98. The van der Waals surface area contributed by atoms with E-state index in [2.05, 4.69) is 22.4 Å². The van der Waals surface area contributed by atoms with Gasteiger partial charge in [0.1, 0.15) is 10.8 Å². The Morgan fingerprint density at radius 2 is 1.76 bits per heavy atom. The van der Waals surface area contributed by atoms with Crippen molar-refractivity contribution in [2.24, 2.45) is 23.7 Å². The number of rotatable bonds is 7. The predicted octanol–water partition coefficient (Wildman–Crippen LogP) is 5.51. The molecular weight excluding hydrogens is 382 g/mol. The summed E-state index contributed by atoms with van der Waals surface area (Å²) < 4.78 is 5.66. The van der Waals surface area contributed by atoms with Gasteiger partial charge >= 0.3 is 0 Å². The van der Waals surface area contributed by atoms with E-state index in [1.807, 2.05) is 12.1 Å². The largest absolute Gasteiger partial charge is 0.494 e. The van der Waals surface area contributed by atoms with Crippen LogP contribution >= 0.6 is 11.3 Å². The van der Waals surface area contributed by atoms with Crippen molar-refractivity contribution in [1.82, 2.24) is 10.2 Å². The van der Waals surface area contributed by atoms with Gasteiger partial charge in [-0.3, -0.25) is 10.1 Å². The summed E-state index contributed by atoms with van der Waals surface area (Å²) in [5.74, 6) is 4.69. The highest BCUT2D eigenvalue weighted by atomic mass is 32.1. The van der Waals surface area contributed by atoms with Gasteiger partial charge in [-0.25, -0.2) is 0 Å². The summed E-state index contributed by atoms with van der Waals surface area (Å²) in [6.45, 7) is 2.85. The predicted molar refractivity (Wildman–Crippen MR) is 114 cm³/mol. The molecule has 1 amide bonds. The van der Waals surface area contributed by atoms with Crippen molar-refractivity contribution in [3.8, 4) is 5.75 Å². The fraction of sp³-hybridized carbons (Fsp3) is 0.609. The Balaban J connectivity index is 1.22. The monoisotopic (exact) mass is 411 g/mol. The van der Waals surface area contributed by atoms with Gasteiger partial charge in [-0.05, 0) is 86.5 Å². The Morgan fingerprint density at radius 1 is 1.07 bits per heavy atom. The molecule has 0 unspecified atom stereocenters. The highest BCUT2D eigenvalue weighted by molar-refractivity contribution is 7.15. The number of aromatic nitrogens is 2. The Morgan fingerprint density at radius 3 is 2.41 bits per heavy atom. The van der Waals surface area contributed by atoms with E-state index in [1.54, 1.807) is 23.5 Å². The lowest BCUT2D eigenvalue weighted by atomic mass is 9.52. The molecule has 6 heteroatoms. The zero-order chi connectivity index (χ0) is 19.8. The second-order valence-electron chi connectivity index (χ2n) is 9.08. The van der Waals surface area contributed by atoms with Crippen LogP contribution < -0.4 is 10.1 Å². The number of carbonyl (C=O) groups excluding carboxylic acids is 1. The van der Waals surface area contributed by atoms with Crippen molar-refractivity contribution < 1.29 is 9.53 Å². The first-order valence-corrected chi connectivity index (χ1v) is 11.9. The van der Waals surface area contributed by atoms with Crippen molar-refractivity contribution in [2.45, 2.75) is 57.8 Å². The molecule has 1 aromatic carbocycles. The first-order valence-electron chi connectivity index (χ1n) is 11.1. The molecule has 0 saturated heterocycles. The number of benzene rings is 1. The Labute approximate surface area is 176 Å². The zero-order valence-electron chi connectivity index (χ0n) is 17.0. The van der Waals surface area contributed by atoms with Gasteiger partial charge in [-0.1, -0.05) is 24.7 Å². The van der Waals surface area contributed by atoms with Gasteiger partial charge in [0.05, 0.1) is 6.61 Å². The lowest BCUT2D eigenvalue weighted by Gasteiger charge is -2.53. The summed E-state index contributed by atoms with van der Waals surface area (Å²) in [4.78, 5) is 12.6. The van der Waals surface area contributed by atoms with Gasteiger partial charge in [-0.15, -0.1) is 10.2 Å². The lowest BCUT2D eigenvalue weighted by Crippen LogP contribution is -2.43. The molecule has 0 aliphatic heterocycles. The maximum absolute atomic E-state index is 12.6. The standard InChI is InChI=1S/C23H29N3O2S/c1-2-3-8-28-19-6-4-16(5-7-19)21(27)24-23-26-25-22(29-23)20-17-10-14-9-15(12-17)13-18(20)11-14/h4-7,14-15,17-18,20H,2-3,8-13H2,1H3,(H,24,26,27). The molecule has 4 aliphatic rings.